The average Bonchev–Trinajstić information content (AvgIpc) is 2.74. The van der Waals surface area contributed by atoms with Gasteiger partial charge >= 0.3 is 0 Å². The number of rotatable bonds is 6. The summed E-state index contributed by atoms with van der Waals surface area (Å²) in [5.41, 5.74) is 1.48. The highest BCUT2D eigenvalue weighted by molar-refractivity contribution is 6.03. The predicted octanol–water partition coefficient (Wildman–Crippen LogP) is 5.51. The van der Waals surface area contributed by atoms with Crippen molar-refractivity contribution in [3.63, 3.8) is 0 Å². The maximum Gasteiger partial charge on any atom is 0.183 e. The van der Waals surface area contributed by atoms with Crippen molar-refractivity contribution in [3.05, 3.63) is 108 Å². The summed E-state index contributed by atoms with van der Waals surface area (Å²) in [7, 11) is 3.99. The van der Waals surface area contributed by atoms with Crippen molar-refractivity contribution in [3.8, 4) is 0 Å². The van der Waals surface area contributed by atoms with E-state index in [0.29, 0.717) is 0 Å². The second-order valence-electron chi connectivity index (χ2n) is 6.79. The zero-order chi connectivity index (χ0) is 19.5. The SMILES string of the molecule is CCC(Cc1ccccc1)(C(=O)c1ccccc1)N(C)C.c1ccccc1. The molecule has 0 radical (unpaired) electrons. The Morgan fingerprint density at radius 1 is 0.741 bits per heavy atom. The number of hydrogen-bond donors (Lipinski definition) is 0. The normalized spacial score (nSPS) is 12.6. The lowest BCUT2D eigenvalue weighted by Crippen LogP contribution is -2.52. The van der Waals surface area contributed by atoms with Gasteiger partial charge in [0.1, 0.15) is 0 Å². The second-order valence-corrected chi connectivity index (χ2v) is 6.79. The third-order valence-corrected chi connectivity index (χ3v) is 4.91. The molecule has 0 aromatic heterocycles. The molecule has 0 saturated heterocycles. The van der Waals surface area contributed by atoms with Crippen LogP contribution in [0.15, 0.2) is 97.1 Å². The van der Waals surface area contributed by atoms with Crippen LogP contribution in [0.5, 0.6) is 0 Å². The molecule has 0 heterocycles. The number of hydrogen-bond acceptors (Lipinski definition) is 2. The summed E-state index contributed by atoms with van der Waals surface area (Å²) in [5.74, 6) is 0.194. The second kappa shape index (κ2) is 10.4. The summed E-state index contributed by atoms with van der Waals surface area (Å²) < 4.78 is 0. The number of carbonyl (C=O) groups excluding carboxylic acids is 1. The van der Waals surface area contributed by atoms with Crippen molar-refractivity contribution >= 4 is 5.78 Å². The highest BCUT2D eigenvalue weighted by atomic mass is 16.1. The molecule has 0 N–H and O–H groups in total. The lowest BCUT2D eigenvalue weighted by atomic mass is 9.80. The van der Waals surface area contributed by atoms with E-state index in [9.17, 15) is 4.79 Å². The van der Waals surface area contributed by atoms with Crippen LogP contribution in [-0.4, -0.2) is 30.3 Å². The van der Waals surface area contributed by atoms with Crippen LogP contribution in [-0.2, 0) is 6.42 Å². The summed E-state index contributed by atoms with van der Waals surface area (Å²) in [6, 6.07) is 31.8. The minimum atomic E-state index is -0.497. The molecule has 0 aliphatic heterocycles. The summed E-state index contributed by atoms with van der Waals surface area (Å²) in [6.45, 7) is 2.09. The first-order chi connectivity index (χ1) is 13.1. The fraction of sp³-hybridized carbons (Fsp3) is 0.240. The highest BCUT2D eigenvalue weighted by Crippen LogP contribution is 2.27. The van der Waals surface area contributed by atoms with Crippen LogP contribution in [0.2, 0.25) is 0 Å². The maximum absolute atomic E-state index is 13.1. The Kier molecular flexibility index (Phi) is 7.97. The molecule has 27 heavy (non-hydrogen) atoms. The summed E-state index contributed by atoms with van der Waals surface area (Å²) >= 11 is 0. The van der Waals surface area contributed by atoms with Crippen LogP contribution in [0.25, 0.3) is 0 Å². The fourth-order valence-corrected chi connectivity index (χ4v) is 3.22. The quantitative estimate of drug-likeness (QED) is 0.541. The molecule has 0 amide bonds. The smallest absolute Gasteiger partial charge is 0.183 e. The third-order valence-electron chi connectivity index (χ3n) is 4.91. The standard InChI is InChI=1S/C19H23NO.C6H6/c1-4-19(20(2)3,15-16-11-7-5-8-12-16)18(21)17-13-9-6-10-14-17;1-2-4-6-5-3-1/h5-14H,4,15H2,1-3H3;1-6H. The molecular formula is C25H29NO. The molecule has 2 heteroatoms. The highest BCUT2D eigenvalue weighted by Gasteiger charge is 2.39. The van der Waals surface area contributed by atoms with E-state index in [4.69, 9.17) is 0 Å². The average molecular weight is 360 g/mol. The number of ketones is 1. The zero-order valence-corrected chi connectivity index (χ0v) is 16.5. The molecule has 3 aromatic rings. The van der Waals surface area contributed by atoms with Crippen molar-refractivity contribution in [1.29, 1.82) is 0 Å². The van der Waals surface area contributed by atoms with Gasteiger partial charge in [-0.3, -0.25) is 9.69 Å². The van der Waals surface area contributed by atoms with E-state index in [1.807, 2.05) is 99.0 Å². The van der Waals surface area contributed by atoms with Crippen molar-refractivity contribution in [2.24, 2.45) is 0 Å². The van der Waals surface area contributed by atoms with Gasteiger partial charge in [0.25, 0.3) is 0 Å². The molecule has 0 fully saturated rings. The van der Waals surface area contributed by atoms with Crippen LogP contribution >= 0.6 is 0 Å². The van der Waals surface area contributed by atoms with Crippen LogP contribution in [0, 0.1) is 0 Å². The van der Waals surface area contributed by atoms with E-state index in [0.717, 1.165) is 18.4 Å². The Balaban J connectivity index is 0.000000369. The van der Waals surface area contributed by atoms with Gasteiger partial charge in [0.2, 0.25) is 0 Å². The van der Waals surface area contributed by atoms with Crippen molar-refractivity contribution in [2.75, 3.05) is 14.1 Å². The molecule has 1 atom stereocenters. The minimum Gasteiger partial charge on any atom is -0.297 e. The van der Waals surface area contributed by atoms with Gasteiger partial charge in [-0.15, -0.1) is 0 Å². The topological polar surface area (TPSA) is 20.3 Å². The molecule has 0 aliphatic carbocycles. The lowest BCUT2D eigenvalue weighted by molar-refractivity contribution is 0.0666. The maximum atomic E-state index is 13.1. The van der Waals surface area contributed by atoms with Gasteiger partial charge < -0.3 is 0 Å². The molecule has 3 rings (SSSR count). The Morgan fingerprint density at radius 2 is 1.15 bits per heavy atom. The van der Waals surface area contributed by atoms with Crippen LogP contribution < -0.4 is 0 Å². The largest absolute Gasteiger partial charge is 0.297 e. The first kappa shape index (κ1) is 20.6. The Morgan fingerprint density at radius 3 is 1.56 bits per heavy atom. The monoisotopic (exact) mass is 359 g/mol. The summed E-state index contributed by atoms with van der Waals surface area (Å²) in [6.07, 6.45) is 1.51. The molecule has 3 aromatic carbocycles. The van der Waals surface area contributed by atoms with Gasteiger partial charge in [-0.25, -0.2) is 0 Å². The number of benzene rings is 3. The number of carbonyl (C=O) groups is 1. The summed E-state index contributed by atoms with van der Waals surface area (Å²) in [5, 5.41) is 0. The zero-order valence-electron chi connectivity index (χ0n) is 16.5. The van der Waals surface area contributed by atoms with Gasteiger partial charge in [0.15, 0.2) is 5.78 Å². The van der Waals surface area contributed by atoms with Crippen molar-refractivity contribution in [2.45, 2.75) is 25.3 Å². The van der Waals surface area contributed by atoms with Gasteiger partial charge in [0.05, 0.1) is 5.54 Å². The molecule has 1 unspecified atom stereocenters. The van der Waals surface area contributed by atoms with Crippen LogP contribution in [0.4, 0.5) is 0 Å². The van der Waals surface area contributed by atoms with Gasteiger partial charge in [-0.1, -0.05) is 104 Å². The van der Waals surface area contributed by atoms with Gasteiger partial charge in [0, 0.05) is 5.56 Å². The van der Waals surface area contributed by atoms with Crippen molar-refractivity contribution in [1.82, 2.24) is 4.90 Å². The third kappa shape index (κ3) is 5.63. The van der Waals surface area contributed by atoms with Crippen molar-refractivity contribution < 1.29 is 4.79 Å². The van der Waals surface area contributed by atoms with Crippen LogP contribution in [0.1, 0.15) is 29.3 Å². The Labute approximate surface area is 163 Å². The Hall–Kier alpha value is -2.71. The molecule has 2 nitrogen and oxygen atoms in total. The number of likely N-dealkylation sites (N-methyl/N-ethyl adjacent to an activating group) is 1. The minimum absolute atomic E-state index is 0.194. The van der Waals surface area contributed by atoms with E-state index in [1.165, 1.54) is 5.56 Å². The van der Waals surface area contributed by atoms with E-state index in [1.54, 1.807) is 0 Å². The molecule has 140 valence electrons. The van der Waals surface area contributed by atoms with E-state index < -0.39 is 5.54 Å². The van der Waals surface area contributed by atoms with E-state index in [2.05, 4.69) is 24.0 Å². The van der Waals surface area contributed by atoms with Crippen LogP contribution in [0.3, 0.4) is 0 Å². The molecular weight excluding hydrogens is 330 g/mol. The Bertz CT molecular complexity index is 758. The summed E-state index contributed by atoms with van der Waals surface area (Å²) in [4.78, 5) is 15.2. The molecule has 0 saturated carbocycles. The van der Waals surface area contributed by atoms with Gasteiger partial charge in [-0.2, -0.15) is 0 Å². The number of Topliss-reactive ketones (excluding diaryl/α,β-unsaturated/α-hetero) is 1. The number of nitrogens with zero attached hydrogens (tertiary/aromatic N) is 1. The van der Waals surface area contributed by atoms with E-state index in [-0.39, 0.29) is 5.78 Å². The lowest BCUT2D eigenvalue weighted by Gasteiger charge is -2.38. The fourth-order valence-electron chi connectivity index (χ4n) is 3.22. The molecule has 0 spiro atoms. The first-order valence-corrected chi connectivity index (χ1v) is 9.41. The molecule has 0 aliphatic rings. The predicted molar refractivity (Wildman–Crippen MR) is 114 cm³/mol. The van der Waals surface area contributed by atoms with E-state index >= 15 is 0 Å². The van der Waals surface area contributed by atoms with Gasteiger partial charge in [-0.05, 0) is 32.5 Å². The molecule has 0 bridgehead atoms. The first-order valence-electron chi connectivity index (χ1n) is 9.41.